The summed E-state index contributed by atoms with van der Waals surface area (Å²) in [4.78, 5) is 10.9. The molecule has 0 fully saturated rings. The molecule has 0 saturated heterocycles. The minimum Gasteiger partial charge on any atom is -0.481 e. The molecular formula is C15H24NO2+. The Balaban J connectivity index is 2.95. The first kappa shape index (κ1) is 14.7. The van der Waals surface area contributed by atoms with E-state index < -0.39 is 5.97 Å². The topological polar surface area (TPSA) is 41.2 Å². The third kappa shape index (κ3) is 4.47. The van der Waals surface area contributed by atoms with Gasteiger partial charge in [-0.25, -0.2) is 4.57 Å². The highest BCUT2D eigenvalue weighted by atomic mass is 16.4. The Morgan fingerprint density at radius 1 is 1.28 bits per heavy atom. The third-order valence-corrected chi connectivity index (χ3v) is 3.14. The predicted molar refractivity (Wildman–Crippen MR) is 71.5 cm³/mol. The van der Waals surface area contributed by atoms with Gasteiger partial charge in [-0.15, -0.1) is 0 Å². The summed E-state index contributed by atoms with van der Waals surface area (Å²) in [6.45, 7) is 5.33. The molecule has 0 aliphatic rings. The molecule has 0 aromatic carbocycles. The van der Waals surface area contributed by atoms with Crippen molar-refractivity contribution in [2.45, 2.75) is 58.9 Å². The van der Waals surface area contributed by atoms with Gasteiger partial charge in [0.1, 0.15) is 6.54 Å². The molecule has 0 unspecified atom stereocenters. The van der Waals surface area contributed by atoms with Crippen molar-refractivity contribution in [1.82, 2.24) is 0 Å². The molecule has 1 aromatic rings. The molecule has 1 rings (SSSR count). The smallest absolute Gasteiger partial charge is 0.308 e. The molecule has 0 aliphatic carbocycles. The number of carboxylic acids is 1. The van der Waals surface area contributed by atoms with Crippen molar-refractivity contribution >= 4 is 5.97 Å². The lowest BCUT2D eigenvalue weighted by molar-refractivity contribution is -0.705. The van der Waals surface area contributed by atoms with Crippen LogP contribution in [0.15, 0.2) is 18.3 Å². The van der Waals surface area contributed by atoms with Crippen LogP contribution in [0.2, 0.25) is 0 Å². The standard InChI is InChI=1S/C15H23NO2/c1-3-5-9-14-13(12-15(17)18)8-7-11-16(14)10-6-4-2/h7-8,11H,3-6,9-10,12H2,1-2H3/p+1. The summed E-state index contributed by atoms with van der Waals surface area (Å²) in [5.41, 5.74) is 2.17. The third-order valence-electron chi connectivity index (χ3n) is 3.14. The van der Waals surface area contributed by atoms with E-state index in [2.05, 4.69) is 24.6 Å². The number of rotatable bonds is 8. The Morgan fingerprint density at radius 2 is 2.00 bits per heavy atom. The molecule has 3 nitrogen and oxygen atoms in total. The van der Waals surface area contributed by atoms with Crippen molar-refractivity contribution in [3.05, 3.63) is 29.6 Å². The van der Waals surface area contributed by atoms with Gasteiger partial charge in [0.05, 0.1) is 6.42 Å². The molecule has 1 aromatic heterocycles. The molecule has 0 spiro atoms. The molecule has 1 heterocycles. The van der Waals surface area contributed by atoms with Crippen LogP contribution in [0, 0.1) is 0 Å². The normalized spacial score (nSPS) is 10.6. The predicted octanol–water partition coefficient (Wildman–Crippen LogP) is 2.74. The van der Waals surface area contributed by atoms with Crippen molar-refractivity contribution in [3.8, 4) is 0 Å². The number of unbranched alkanes of at least 4 members (excludes halogenated alkanes) is 2. The van der Waals surface area contributed by atoms with E-state index in [1.54, 1.807) is 0 Å². The van der Waals surface area contributed by atoms with Gasteiger partial charge in [0.15, 0.2) is 11.9 Å². The minimum atomic E-state index is -0.749. The largest absolute Gasteiger partial charge is 0.481 e. The van der Waals surface area contributed by atoms with E-state index in [-0.39, 0.29) is 6.42 Å². The van der Waals surface area contributed by atoms with Crippen LogP contribution in [0.4, 0.5) is 0 Å². The lowest BCUT2D eigenvalue weighted by atomic mass is 10.0. The number of carboxylic acid groups (broad SMARTS) is 1. The molecular weight excluding hydrogens is 226 g/mol. The number of hydrogen-bond donors (Lipinski definition) is 1. The van der Waals surface area contributed by atoms with E-state index in [1.807, 2.05) is 12.1 Å². The van der Waals surface area contributed by atoms with Gasteiger partial charge in [0.2, 0.25) is 0 Å². The maximum absolute atomic E-state index is 10.9. The summed E-state index contributed by atoms with van der Waals surface area (Å²) in [6.07, 6.45) is 7.73. The molecule has 0 bridgehead atoms. The van der Waals surface area contributed by atoms with Gasteiger partial charge in [0.25, 0.3) is 0 Å². The maximum atomic E-state index is 10.9. The summed E-state index contributed by atoms with van der Waals surface area (Å²) in [7, 11) is 0. The van der Waals surface area contributed by atoms with E-state index in [0.29, 0.717) is 0 Å². The number of aryl methyl sites for hydroxylation is 1. The van der Waals surface area contributed by atoms with E-state index in [4.69, 9.17) is 5.11 Å². The van der Waals surface area contributed by atoms with Gasteiger partial charge in [-0.3, -0.25) is 4.79 Å². The number of nitrogens with zero attached hydrogens (tertiary/aromatic N) is 1. The van der Waals surface area contributed by atoms with Crippen LogP contribution in [0.1, 0.15) is 50.8 Å². The quantitative estimate of drug-likeness (QED) is 0.721. The molecule has 18 heavy (non-hydrogen) atoms. The molecule has 0 radical (unpaired) electrons. The fourth-order valence-corrected chi connectivity index (χ4v) is 2.14. The van der Waals surface area contributed by atoms with Crippen molar-refractivity contribution < 1.29 is 14.5 Å². The fourth-order valence-electron chi connectivity index (χ4n) is 2.14. The highest BCUT2D eigenvalue weighted by molar-refractivity contribution is 5.70. The molecule has 0 amide bonds. The summed E-state index contributed by atoms with van der Waals surface area (Å²) in [6, 6.07) is 3.91. The monoisotopic (exact) mass is 250 g/mol. The number of pyridine rings is 1. The molecule has 1 N–H and O–H groups in total. The minimum absolute atomic E-state index is 0.131. The van der Waals surface area contributed by atoms with Gasteiger partial charge in [-0.2, -0.15) is 0 Å². The number of aliphatic carboxylic acids is 1. The highest BCUT2D eigenvalue weighted by Gasteiger charge is 2.16. The average Bonchev–Trinajstić information content (AvgIpc) is 2.34. The van der Waals surface area contributed by atoms with E-state index in [9.17, 15) is 4.79 Å². The van der Waals surface area contributed by atoms with Gasteiger partial charge in [-0.05, 0) is 12.5 Å². The Kier molecular flexibility index (Phi) is 6.40. The van der Waals surface area contributed by atoms with Crippen LogP contribution in [-0.2, 0) is 24.2 Å². The molecule has 0 atom stereocenters. The first-order valence-electron chi connectivity index (χ1n) is 6.91. The molecule has 100 valence electrons. The number of carbonyl (C=O) groups is 1. The lowest BCUT2D eigenvalue weighted by Crippen LogP contribution is -2.39. The van der Waals surface area contributed by atoms with Crippen LogP contribution in [0.5, 0.6) is 0 Å². The zero-order valence-corrected chi connectivity index (χ0v) is 11.5. The van der Waals surface area contributed by atoms with Crippen LogP contribution in [0.25, 0.3) is 0 Å². The van der Waals surface area contributed by atoms with Crippen molar-refractivity contribution in [1.29, 1.82) is 0 Å². The van der Waals surface area contributed by atoms with Gasteiger partial charge in [0, 0.05) is 24.5 Å². The Labute approximate surface area is 109 Å². The highest BCUT2D eigenvalue weighted by Crippen LogP contribution is 2.09. The first-order chi connectivity index (χ1) is 8.69. The summed E-state index contributed by atoms with van der Waals surface area (Å²) < 4.78 is 2.23. The Morgan fingerprint density at radius 3 is 2.61 bits per heavy atom. The Bertz CT molecular complexity index is 388. The van der Waals surface area contributed by atoms with Crippen LogP contribution >= 0.6 is 0 Å². The van der Waals surface area contributed by atoms with Crippen molar-refractivity contribution in [2.24, 2.45) is 0 Å². The second-order valence-corrected chi connectivity index (χ2v) is 4.70. The van der Waals surface area contributed by atoms with E-state index >= 15 is 0 Å². The SMILES string of the molecule is CCCCc1c(CC(=O)O)ccc[n+]1CCCC. The average molecular weight is 250 g/mol. The maximum Gasteiger partial charge on any atom is 0.308 e. The van der Waals surface area contributed by atoms with Gasteiger partial charge >= 0.3 is 5.97 Å². The summed E-state index contributed by atoms with van der Waals surface area (Å²) in [5.74, 6) is -0.749. The van der Waals surface area contributed by atoms with Crippen LogP contribution < -0.4 is 4.57 Å². The van der Waals surface area contributed by atoms with E-state index in [1.165, 1.54) is 5.69 Å². The second kappa shape index (κ2) is 7.85. The number of hydrogen-bond acceptors (Lipinski definition) is 1. The first-order valence-corrected chi connectivity index (χ1v) is 6.91. The Hall–Kier alpha value is -1.38. The second-order valence-electron chi connectivity index (χ2n) is 4.70. The number of aromatic nitrogens is 1. The lowest BCUT2D eigenvalue weighted by Gasteiger charge is -2.07. The molecule has 0 aliphatic heterocycles. The molecule has 0 saturated carbocycles. The molecule has 3 heteroatoms. The van der Waals surface area contributed by atoms with Gasteiger partial charge in [-0.1, -0.05) is 26.7 Å². The fraction of sp³-hybridized carbons (Fsp3) is 0.600. The van der Waals surface area contributed by atoms with E-state index in [0.717, 1.165) is 44.2 Å². The summed E-state index contributed by atoms with van der Waals surface area (Å²) in [5, 5.41) is 8.97. The van der Waals surface area contributed by atoms with Crippen molar-refractivity contribution in [3.63, 3.8) is 0 Å². The van der Waals surface area contributed by atoms with Crippen LogP contribution in [0.3, 0.4) is 0 Å². The van der Waals surface area contributed by atoms with Crippen molar-refractivity contribution in [2.75, 3.05) is 0 Å². The van der Waals surface area contributed by atoms with Gasteiger partial charge < -0.3 is 5.11 Å². The van der Waals surface area contributed by atoms with Crippen LogP contribution in [-0.4, -0.2) is 11.1 Å². The zero-order chi connectivity index (χ0) is 13.4. The summed E-state index contributed by atoms with van der Waals surface area (Å²) >= 11 is 0. The zero-order valence-electron chi connectivity index (χ0n) is 11.5.